The minimum absolute atomic E-state index is 0.0342. The van der Waals surface area contributed by atoms with Gasteiger partial charge in [-0.1, -0.05) is 6.07 Å². The summed E-state index contributed by atoms with van der Waals surface area (Å²) < 4.78 is 12.4. The van der Waals surface area contributed by atoms with Crippen molar-refractivity contribution in [2.45, 2.75) is 63.3 Å². The number of hydrogen-bond donors (Lipinski definition) is 2. The first-order valence-corrected chi connectivity index (χ1v) is 11.7. The van der Waals surface area contributed by atoms with Gasteiger partial charge in [-0.05, 0) is 67.7 Å². The summed E-state index contributed by atoms with van der Waals surface area (Å²) in [6.07, 6.45) is 6.44. The van der Waals surface area contributed by atoms with E-state index in [-0.39, 0.29) is 29.7 Å². The van der Waals surface area contributed by atoms with Gasteiger partial charge in [-0.2, -0.15) is 0 Å². The number of aromatic nitrogens is 1. The topological polar surface area (TPSA) is 88.9 Å². The molecule has 7 heteroatoms. The van der Waals surface area contributed by atoms with Gasteiger partial charge in [0.25, 0.3) is 0 Å². The second kappa shape index (κ2) is 8.29. The third kappa shape index (κ3) is 3.86. The highest BCUT2D eigenvalue weighted by Gasteiger charge is 2.47. The number of fused-ring (bicyclic) bond motifs is 2. The first-order valence-electron chi connectivity index (χ1n) is 10.9. The Morgan fingerprint density at radius 2 is 2.07 bits per heavy atom. The van der Waals surface area contributed by atoms with Crippen molar-refractivity contribution in [3.05, 3.63) is 45.4 Å². The molecule has 2 aliphatic carbocycles. The molecule has 3 aliphatic rings. The number of carbonyl (C=O) groups is 1. The van der Waals surface area contributed by atoms with Gasteiger partial charge in [0.2, 0.25) is 0 Å². The van der Waals surface area contributed by atoms with Crippen LogP contribution in [0.25, 0.3) is 0 Å². The number of aliphatic hydroxyl groups excluding tert-OH is 1. The van der Waals surface area contributed by atoms with E-state index in [1.807, 2.05) is 0 Å². The van der Waals surface area contributed by atoms with E-state index < -0.39 is 12.1 Å². The van der Waals surface area contributed by atoms with Gasteiger partial charge in [-0.3, -0.25) is 0 Å². The maximum absolute atomic E-state index is 11.1. The molecule has 1 saturated carbocycles. The van der Waals surface area contributed by atoms with Gasteiger partial charge in [0.1, 0.15) is 16.9 Å². The van der Waals surface area contributed by atoms with Crippen LogP contribution in [-0.2, 0) is 17.6 Å². The van der Waals surface area contributed by atoms with E-state index >= 15 is 0 Å². The lowest BCUT2D eigenvalue weighted by atomic mass is 9.87. The predicted molar refractivity (Wildman–Crippen MR) is 112 cm³/mol. The quantitative estimate of drug-likeness (QED) is 0.746. The summed E-state index contributed by atoms with van der Waals surface area (Å²) in [5, 5.41) is 22.0. The highest BCUT2D eigenvalue weighted by atomic mass is 32.1. The monoisotopic (exact) mass is 429 g/mol. The first-order chi connectivity index (χ1) is 14.6. The molecule has 0 spiro atoms. The van der Waals surface area contributed by atoms with E-state index in [4.69, 9.17) is 14.6 Å². The number of benzene rings is 1. The van der Waals surface area contributed by atoms with Crippen LogP contribution in [0.2, 0.25) is 0 Å². The van der Waals surface area contributed by atoms with E-state index in [0.29, 0.717) is 18.0 Å². The van der Waals surface area contributed by atoms with E-state index in [2.05, 4.69) is 23.2 Å². The fourth-order valence-corrected chi connectivity index (χ4v) is 6.13. The van der Waals surface area contributed by atoms with Gasteiger partial charge in [0.15, 0.2) is 5.69 Å². The smallest absolute Gasteiger partial charge is 0.355 e. The highest BCUT2D eigenvalue weighted by molar-refractivity contribution is 7.09. The summed E-state index contributed by atoms with van der Waals surface area (Å²) in [5.41, 5.74) is 2.91. The molecule has 30 heavy (non-hydrogen) atoms. The molecule has 6 nitrogen and oxygen atoms in total. The van der Waals surface area contributed by atoms with Crippen LogP contribution in [0.1, 0.15) is 64.8 Å². The Bertz CT molecular complexity index is 928. The number of aryl methyl sites for hydroxylation is 2. The standard InChI is InChI=1S/C23H27NO5S/c25-19-10-21-16(7-8-20(29-21)22-24-18(12-30-22)23(26)27)17(19)11-28-15-6-5-13-3-1-2-4-14(13)9-15/h5-6,9,12,16-17,19-21,25H,1-4,7-8,10-11H2,(H,26,27)/t16-,17-,19+,20-,21+/m1/s1. The van der Waals surface area contributed by atoms with E-state index in [0.717, 1.165) is 31.4 Å². The molecule has 0 radical (unpaired) electrons. The van der Waals surface area contributed by atoms with Crippen molar-refractivity contribution in [1.29, 1.82) is 0 Å². The second-order valence-corrected chi connectivity index (χ2v) is 9.59. The molecule has 1 aromatic carbocycles. The lowest BCUT2D eigenvalue weighted by molar-refractivity contribution is -0.0811. The van der Waals surface area contributed by atoms with Crippen LogP contribution in [0.5, 0.6) is 5.75 Å². The van der Waals surface area contributed by atoms with Crippen LogP contribution < -0.4 is 4.74 Å². The van der Waals surface area contributed by atoms with Gasteiger partial charge >= 0.3 is 5.97 Å². The SMILES string of the molecule is O=C(O)c1csc([C@H]2CC[C@@H]3[C@@H](COc4ccc5c(c4)CCCC5)[C@@H](O)C[C@@H]3O2)n1. The molecular weight excluding hydrogens is 402 g/mol. The molecule has 0 amide bonds. The largest absolute Gasteiger partial charge is 0.493 e. The van der Waals surface area contributed by atoms with Crippen molar-refractivity contribution in [3.63, 3.8) is 0 Å². The normalized spacial score (nSPS) is 30.5. The van der Waals surface area contributed by atoms with Gasteiger partial charge < -0.3 is 19.7 Å². The van der Waals surface area contributed by atoms with Gasteiger partial charge in [0.05, 0.1) is 18.8 Å². The Morgan fingerprint density at radius 1 is 1.23 bits per heavy atom. The van der Waals surface area contributed by atoms with Crippen molar-refractivity contribution in [2.75, 3.05) is 6.61 Å². The van der Waals surface area contributed by atoms with Gasteiger partial charge in [0, 0.05) is 17.7 Å². The van der Waals surface area contributed by atoms with Gasteiger partial charge in [-0.25, -0.2) is 9.78 Å². The van der Waals surface area contributed by atoms with Crippen LogP contribution in [0.3, 0.4) is 0 Å². The zero-order chi connectivity index (χ0) is 20.7. The van der Waals surface area contributed by atoms with Crippen LogP contribution in [0, 0.1) is 11.8 Å². The number of thiazole rings is 1. The van der Waals surface area contributed by atoms with Crippen molar-refractivity contribution in [2.24, 2.45) is 11.8 Å². The van der Waals surface area contributed by atoms with Crippen molar-refractivity contribution < 1.29 is 24.5 Å². The molecule has 2 heterocycles. The third-order valence-corrected chi connectivity index (χ3v) is 7.81. The van der Waals surface area contributed by atoms with E-state index in [1.165, 1.54) is 35.3 Å². The Balaban J connectivity index is 1.21. The third-order valence-electron chi connectivity index (χ3n) is 6.88. The number of aromatic carboxylic acids is 1. The highest BCUT2D eigenvalue weighted by Crippen LogP contribution is 2.46. The second-order valence-electron chi connectivity index (χ2n) is 8.70. The number of carboxylic acids is 1. The fraction of sp³-hybridized carbons (Fsp3) is 0.565. The molecule has 2 fully saturated rings. The Labute approximate surface area is 179 Å². The summed E-state index contributed by atoms with van der Waals surface area (Å²) in [6.45, 7) is 0.496. The number of hydrogen-bond acceptors (Lipinski definition) is 6. The molecule has 1 saturated heterocycles. The van der Waals surface area contributed by atoms with Crippen LogP contribution in [0.4, 0.5) is 0 Å². The summed E-state index contributed by atoms with van der Waals surface area (Å²) in [4.78, 5) is 15.3. The molecular formula is C23H27NO5S. The minimum Gasteiger partial charge on any atom is -0.493 e. The van der Waals surface area contributed by atoms with Crippen molar-refractivity contribution in [3.8, 4) is 5.75 Å². The summed E-state index contributed by atoms with van der Waals surface area (Å²) in [5.74, 6) is 0.192. The molecule has 1 aliphatic heterocycles. The first kappa shape index (κ1) is 20.0. The molecule has 160 valence electrons. The number of carboxylic acid groups (broad SMARTS) is 1. The molecule has 0 unspecified atom stereocenters. The summed E-state index contributed by atoms with van der Waals surface area (Å²) in [6, 6.07) is 6.41. The van der Waals surface area contributed by atoms with Crippen LogP contribution >= 0.6 is 11.3 Å². The number of aliphatic hydroxyl groups is 1. The van der Waals surface area contributed by atoms with E-state index in [1.54, 1.807) is 5.38 Å². The van der Waals surface area contributed by atoms with Crippen LogP contribution in [-0.4, -0.2) is 40.0 Å². The zero-order valence-corrected chi connectivity index (χ0v) is 17.6. The fourth-order valence-electron chi connectivity index (χ4n) is 5.27. The Morgan fingerprint density at radius 3 is 2.87 bits per heavy atom. The lowest BCUT2D eigenvalue weighted by Crippen LogP contribution is -2.33. The molecule has 2 N–H and O–H groups in total. The van der Waals surface area contributed by atoms with Crippen molar-refractivity contribution in [1.82, 2.24) is 4.98 Å². The minimum atomic E-state index is -1.01. The van der Waals surface area contributed by atoms with Gasteiger partial charge in [-0.15, -0.1) is 11.3 Å². The molecule has 0 bridgehead atoms. The Hall–Kier alpha value is -1.96. The lowest BCUT2D eigenvalue weighted by Gasteiger charge is -2.33. The number of ether oxygens (including phenoxy) is 2. The summed E-state index contributed by atoms with van der Waals surface area (Å²) >= 11 is 1.33. The number of nitrogens with zero attached hydrogens (tertiary/aromatic N) is 1. The maximum Gasteiger partial charge on any atom is 0.355 e. The zero-order valence-electron chi connectivity index (χ0n) is 16.8. The molecule has 1 aromatic heterocycles. The van der Waals surface area contributed by atoms with Crippen LogP contribution in [0.15, 0.2) is 23.6 Å². The Kier molecular flexibility index (Phi) is 5.52. The molecule has 5 rings (SSSR count). The average molecular weight is 430 g/mol. The average Bonchev–Trinajstić information content (AvgIpc) is 3.36. The molecule has 2 aromatic rings. The summed E-state index contributed by atoms with van der Waals surface area (Å²) in [7, 11) is 0. The predicted octanol–water partition coefficient (Wildman–Crippen LogP) is 4.02. The van der Waals surface area contributed by atoms with Crippen molar-refractivity contribution >= 4 is 17.3 Å². The molecule has 5 atom stereocenters. The maximum atomic E-state index is 11.1. The van der Waals surface area contributed by atoms with E-state index in [9.17, 15) is 9.90 Å². The number of rotatable bonds is 5.